The van der Waals surface area contributed by atoms with Crippen LogP contribution in [0, 0.1) is 6.57 Å². The number of ether oxygens (including phenoxy) is 2. The quantitative estimate of drug-likeness (QED) is 0.264. The average Bonchev–Trinajstić information content (AvgIpc) is 2.76. The highest BCUT2D eigenvalue weighted by Crippen LogP contribution is 2.28. The maximum atomic E-state index is 11.0. The van der Waals surface area contributed by atoms with Crippen LogP contribution in [-0.4, -0.2) is 32.3 Å². The van der Waals surface area contributed by atoms with Gasteiger partial charge in [0.05, 0.1) is 19.8 Å². The molecule has 3 aromatic rings. The van der Waals surface area contributed by atoms with E-state index in [4.69, 9.17) is 23.9 Å². The highest BCUT2D eigenvalue weighted by Gasteiger charge is 2.08. The van der Waals surface area contributed by atoms with Crippen LogP contribution < -0.4 is 15.5 Å². The van der Waals surface area contributed by atoms with Gasteiger partial charge in [0.25, 0.3) is 0 Å². The molecular formula is C22H18BN3O3. The van der Waals surface area contributed by atoms with E-state index >= 15 is 0 Å². The standard InChI is InChI=1S/C22H18BN3O3/c1-24-20-9-10-21(29-18-7-8-19(23)17(13-18)14-27)26-22(20)25-11-12-28-15-16-5-3-2-4-6-16/h2-10,13-14H,11-12,15H2,(H,25,26). The van der Waals surface area contributed by atoms with Gasteiger partial charge < -0.3 is 14.8 Å². The van der Waals surface area contributed by atoms with Crippen LogP contribution in [0.1, 0.15) is 15.9 Å². The van der Waals surface area contributed by atoms with Crippen LogP contribution in [0.25, 0.3) is 4.85 Å². The fourth-order valence-corrected chi connectivity index (χ4v) is 2.56. The molecule has 7 heteroatoms. The molecule has 0 amide bonds. The van der Waals surface area contributed by atoms with E-state index in [0.29, 0.717) is 60.2 Å². The summed E-state index contributed by atoms with van der Waals surface area (Å²) >= 11 is 0. The predicted molar refractivity (Wildman–Crippen MR) is 112 cm³/mol. The van der Waals surface area contributed by atoms with Crippen LogP contribution in [0.5, 0.6) is 11.6 Å². The summed E-state index contributed by atoms with van der Waals surface area (Å²) in [4.78, 5) is 18.8. The minimum absolute atomic E-state index is 0.298. The lowest BCUT2D eigenvalue weighted by atomic mass is 9.91. The van der Waals surface area contributed by atoms with Crippen LogP contribution in [0.15, 0.2) is 60.7 Å². The zero-order valence-corrected chi connectivity index (χ0v) is 15.7. The molecule has 0 unspecified atom stereocenters. The third-order valence-corrected chi connectivity index (χ3v) is 4.03. The van der Waals surface area contributed by atoms with Crippen molar-refractivity contribution in [3.8, 4) is 11.6 Å². The largest absolute Gasteiger partial charge is 0.439 e. The Labute approximate surface area is 170 Å². The van der Waals surface area contributed by atoms with E-state index in [9.17, 15) is 4.79 Å². The van der Waals surface area contributed by atoms with E-state index < -0.39 is 0 Å². The fourth-order valence-electron chi connectivity index (χ4n) is 2.56. The van der Waals surface area contributed by atoms with Crippen molar-refractivity contribution in [1.29, 1.82) is 0 Å². The number of pyridine rings is 1. The molecule has 0 fully saturated rings. The van der Waals surface area contributed by atoms with Crippen molar-refractivity contribution in [1.82, 2.24) is 4.98 Å². The first-order valence-electron chi connectivity index (χ1n) is 8.96. The second-order valence-electron chi connectivity index (χ2n) is 6.10. The van der Waals surface area contributed by atoms with Gasteiger partial charge in [0, 0.05) is 12.1 Å². The third kappa shape index (κ3) is 5.67. The topological polar surface area (TPSA) is 64.8 Å². The summed E-state index contributed by atoms with van der Waals surface area (Å²) in [6, 6.07) is 17.9. The van der Waals surface area contributed by atoms with Gasteiger partial charge in [-0.05, 0) is 29.8 Å². The predicted octanol–water partition coefficient (Wildman–Crippen LogP) is 3.66. The Morgan fingerprint density at radius 3 is 2.72 bits per heavy atom. The number of nitrogens with zero attached hydrogens (tertiary/aromatic N) is 2. The van der Waals surface area contributed by atoms with Gasteiger partial charge in [-0.15, -0.1) is 0 Å². The second kappa shape index (κ2) is 10.1. The Bertz CT molecular complexity index is 1020. The van der Waals surface area contributed by atoms with Gasteiger partial charge >= 0.3 is 0 Å². The van der Waals surface area contributed by atoms with Crippen molar-refractivity contribution in [3.05, 3.63) is 83.2 Å². The molecular weight excluding hydrogens is 365 g/mol. The van der Waals surface area contributed by atoms with Crippen molar-refractivity contribution in [2.45, 2.75) is 6.61 Å². The van der Waals surface area contributed by atoms with E-state index in [0.717, 1.165) is 5.56 Å². The SMILES string of the molecule is [B]c1ccc(Oc2ccc([N+]#[C-])c(NCCOCc3ccccc3)n2)cc1C=O. The molecule has 29 heavy (non-hydrogen) atoms. The van der Waals surface area contributed by atoms with Gasteiger partial charge in [-0.3, -0.25) is 4.79 Å². The van der Waals surface area contributed by atoms with Crippen molar-refractivity contribution < 1.29 is 14.3 Å². The first-order chi connectivity index (χ1) is 14.2. The van der Waals surface area contributed by atoms with Crippen LogP contribution in [0.4, 0.5) is 11.5 Å². The number of carbonyl (C=O) groups is 1. The van der Waals surface area contributed by atoms with Crippen LogP contribution >= 0.6 is 0 Å². The van der Waals surface area contributed by atoms with Crippen LogP contribution in [-0.2, 0) is 11.3 Å². The summed E-state index contributed by atoms with van der Waals surface area (Å²) in [5.74, 6) is 1.14. The van der Waals surface area contributed by atoms with E-state index in [-0.39, 0.29) is 0 Å². The van der Waals surface area contributed by atoms with Gasteiger partial charge in [-0.2, -0.15) is 0 Å². The van der Waals surface area contributed by atoms with Crippen LogP contribution in [0.3, 0.4) is 0 Å². The summed E-state index contributed by atoms with van der Waals surface area (Å²) in [7, 11) is 5.71. The summed E-state index contributed by atoms with van der Waals surface area (Å²) in [6.07, 6.45) is 0.667. The summed E-state index contributed by atoms with van der Waals surface area (Å²) in [6.45, 7) is 8.77. The minimum atomic E-state index is 0.298. The molecule has 1 N–H and O–H groups in total. The van der Waals surface area contributed by atoms with E-state index in [1.165, 1.54) is 6.07 Å². The Balaban J connectivity index is 1.60. The molecule has 0 saturated heterocycles. The van der Waals surface area contributed by atoms with Gasteiger partial charge in [-0.25, -0.2) is 9.83 Å². The highest BCUT2D eigenvalue weighted by atomic mass is 16.5. The monoisotopic (exact) mass is 383 g/mol. The zero-order valence-electron chi connectivity index (χ0n) is 15.7. The third-order valence-electron chi connectivity index (χ3n) is 4.03. The maximum Gasteiger partial charge on any atom is 0.228 e. The Morgan fingerprint density at radius 2 is 1.97 bits per heavy atom. The van der Waals surface area contributed by atoms with Crippen molar-refractivity contribution in [3.63, 3.8) is 0 Å². The molecule has 142 valence electrons. The summed E-state index contributed by atoms with van der Waals surface area (Å²) in [5, 5.41) is 3.10. The normalized spacial score (nSPS) is 10.2. The molecule has 0 aliphatic carbocycles. The maximum absolute atomic E-state index is 11.0. The zero-order chi connectivity index (χ0) is 20.5. The van der Waals surface area contributed by atoms with Crippen molar-refractivity contribution >= 4 is 31.1 Å². The van der Waals surface area contributed by atoms with Gasteiger partial charge in [0.15, 0.2) is 0 Å². The number of nitrogens with one attached hydrogen (secondary N) is 1. The lowest BCUT2D eigenvalue weighted by molar-refractivity contribution is 0.112. The fraction of sp³-hybridized carbons (Fsp3) is 0.136. The molecule has 0 saturated carbocycles. The average molecular weight is 383 g/mol. The Hall–Kier alpha value is -3.63. The number of aromatic nitrogens is 1. The van der Waals surface area contributed by atoms with Crippen molar-refractivity contribution in [2.24, 2.45) is 0 Å². The molecule has 3 rings (SSSR count). The van der Waals surface area contributed by atoms with Crippen molar-refractivity contribution in [2.75, 3.05) is 18.5 Å². The minimum Gasteiger partial charge on any atom is -0.439 e. The molecule has 2 aromatic carbocycles. The lowest BCUT2D eigenvalue weighted by Gasteiger charge is -2.11. The van der Waals surface area contributed by atoms with E-state index in [2.05, 4.69) is 15.1 Å². The highest BCUT2D eigenvalue weighted by molar-refractivity contribution is 6.35. The molecule has 0 aliphatic heterocycles. The summed E-state index contributed by atoms with van der Waals surface area (Å²) in [5.41, 5.74) is 2.20. The number of hydrogen-bond donors (Lipinski definition) is 1. The first kappa shape index (κ1) is 20.1. The molecule has 1 heterocycles. The van der Waals surface area contributed by atoms with E-state index in [1.807, 2.05) is 30.3 Å². The second-order valence-corrected chi connectivity index (χ2v) is 6.10. The molecule has 0 atom stereocenters. The molecule has 0 aliphatic rings. The number of rotatable bonds is 9. The van der Waals surface area contributed by atoms with Gasteiger partial charge in [0.1, 0.15) is 25.7 Å². The van der Waals surface area contributed by atoms with Gasteiger partial charge in [-0.1, -0.05) is 41.9 Å². The van der Waals surface area contributed by atoms with E-state index in [1.54, 1.807) is 24.3 Å². The molecule has 2 radical (unpaired) electrons. The lowest BCUT2D eigenvalue weighted by Crippen LogP contribution is -2.11. The smallest absolute Gasteiger partial charge is 0.228 e. The first-order valence-corrected chi connectivity index (χ1v) is 8.96. The number of anilines is 1. The number of aldehydes is 1. The van der Waals surface area contributed by atoms with Crippen LogP contribution in [0.2, 0.25) is 0 Å². The molecule has 1 aromatic heterocycles. The molecule has 0 bridgehead atoms. The number of hydrogen-bond acceptors (Lipinski definition) is 5. The van der Waals surface area contributed by atoms with Gasteiger partial charge in [0.2, 0.25) is 11.6 Å². The Morgan fingerprint density at radius 1 is 1.14 bits per heavy atom. The summed E-state index contributed by atoms with van der Waals surface area (Å²) < 4.78 is 11.3. The number of benzene rings is 2. The molecule has 0 spiro atoms. The Kier molecular flexibility index (Phi) is 6.98. The number of carbonyl (C=O) groups excluding carboxylic acids is 1. The molecule has 6 nitrogen and oxygen atoms in total.